The summed E-state index contributed by atoms with van der Waals surface area (Å²) < 4.78 is 0. The van der Waals surface area contributed by atoms with E-state index >= 15 is 0 Å². The van der Waals surface area contributed by atoms with Gasteiger partial charge in [0, 0.05) is 19.7 Å². The zero-order valence-electron chi connectivity index (χ0n) is 9.02. The number of thiophene rings is 1. The first-order valence-electron chi connectivity index (χ1n) is 5.39. The second kappa shape index (κ2) is 4.73. The van der Waals surface area contributed by atoms with Crippen molar-refractivity contribution in [3.63, 3.8) is 0 Å². The standard InChI is InChI=1S/C11H15N3OS/c12-5-10-9(13)4-11(16-10)14-3-1-2-8(6-14)7-15/h4,8,15H,1-3,6-7,13H2. The van der Waals surface area contributed by atoms with E-state index in [4.69, 9.17) is 16.1 Å². The van der Waals surface area contributed by atoms with Gasteiger partial charge in [0.05, 0.1) is 10.7 Å². The predicted molar refractivity (Wildman–Crippen MR) is 65.5 cm³/mol. The van der Waals surface area contributed by atoms with Gasteiger partial charge in [-0.05, 0) is 24.8 Å². The van der Waals surface area contributed by atoms with Crippen molar-refractivity contribution in [1.29, 1.82) is 5.26 Å². The molecule has 16 heavy (non-hydrogen) atoms. The third kappa shape index (κ3) is 2.13. The van der Waals surface area contributed by atoms with E-state index in [-0.39, 0.29) is 6.61 Å². The fourth-order valence-electron chi connectivity index (χ4n) is 2.05. The van der Waals surface area contributed by atoms with Gasteiger partial charge in [0.2, 0.25) is 0 Å². The van der Waals surface area contributed by atoms with Gasteiger partial charge < -0.3 is 15.7 Å². The van der Waals surface area contributed by atoms with E-state index in [1.165, 1.54) is 11.3 Å². The van der Waals surface area contributed by atoms with Crippen LogP contribution in [0.2, 0.25) is 0 Å². The highest BCUT2D eigenvalue weighted by Crippen LogP contribution is 2.33. The summed E-state index contributed by atoms with van der Waals surface area (Å²) in [4.78, 5) is 2.80. The number of piperidine rings is 1. The van der Waals surface area contributed by atoms with Crippen molar-refractivity contribution < 1.29 is 5.11 Å². The monoisotopic (exact) mass is 237 g/mol. The summed E-state index contributed by atoms with van der Waals surface area (Å²) in [6.07, 6.45) is 2.17. The molecule has 2 rings (SSSR count). The van der Waals surface area contributed by atoms with Gasteiger partial charge in [-0.3, -0.25) is 0 Å². The number of nitriles is 1. The van der Waals surface area contributed by atoms with Crippen LogP contribution in [0.25, 0.3) is 0 Å². The highest BCUT2D eigenvalue weighted by Gasteiger charge is 2.21. The molecule has 1 aromatic heterocycles. The van der Waals surface area contributed by atoms with Crippen molar-refractivity contribution in [2.75, 3.05) is 30.3 Å². The van der Waals surface area contributed by atoms with Crippen LogP contribution in [-0.4, -0.2) is 24.8 Å². The third-order valence-corrected chi connectivity index (χ3v) is 4.05. The average Bonchev–Trinajstić information content (AvgIpc) is 2.71. The van der Waals surface area contributed by atoms with Crippen molar-refractivity contribution >= 4 is 22.0 Å². The minimum absolute atomic E-state index is 0.239. The Hall–Kier alpha value is -1.25. The van der Waals surface area contributed by atoms with E-state index in [9.17, 15) is 0 Å². The van der Waals surface area contributed by atoms with E-state index < -0.39 is 0 Å². The molecule has 1 atom stereocenters. The largest absolute Gasteiger partial charge is 0.397 e. The first-order chi connectivity index (χ1) is 7.74. The van der Waals surface area contributed by atoms with Gasteiger partial charge in [0.15, 0.2) is 0 Å². The lowest BCUT2D eigenvalue weighted by Gasteiger charge is -2.32. The van der Waals surface area contributed by atoms with E-state index in [1.54, 1.807) is 0 Å². The summed E-state index contributed by atoms with van der Waals surface area (Å²) in [5.74, 6) is 0.350. The van der Waals surface area contributed by atoms with Gasteiger partial charge in [0.1, 0.15) is 10.9 Å². The Kier molecular flexibility index (Phi) is 3.32. The van der Waals surface area contributed by atoms with E-state index in [0.717, 1.165) is 30.9 Å². The number of hydrogen-bond donors (Lipinski definition) is 2. The van der Waals surface area contributed by atoms with Crippen molar-refractivity contribution in [2.45, 2.75) is 12.8 Å². The van der Waals surface area contributed by atoms with Crippen molar-refractivity contribution in [1.82, 2.24) is 0 Å². The SMILES string of the molecule is N#Cc1sc(N2CCCC(CO)C2)cc1N. The lowest BCUT2D eigenvalue weighted by atomic mass is 9.99. The third-order valence-electron chi connectivity index (χ3n) is 2.94. The highest BCUT2D eigenvalue weighted by atomic mass is 32.1. The Morgan fingerprint density at radius 2 is 2.50 bits per heavy atom. The van der Waals surface area contributed by atoms with Crippen LogP contribution >= 0.6 is 11.3 Å². The maximum absolute atomic E-state index is 9.16. The van der Waals surface area contributed by atoms with Crippen LogP contribution in [0.5, 0.6) is 0 Å². The van der Waals surface area contributed by atoms with Crippen molar-refractivity contribution in [2.24, 2.45) is 5.92 Å². The summed E-state index contributed by atoms with van der Waals surface area (Å²) in [5, 5.41) is 19.1. The predicted octanol–water partition coefficient (Wildman–Crippen LogP) is 1.41. The highest BCUT2D eigenvalue weighted by molar-refractivity contribution is 7.17. The summed E-state index contributed by atoms with van der Waals surface area (Å²) in [6.45, 7) is 2.09. The van der Waals surface area contributed by atoms with Gasteiger partial charge >= 0.3 is 0 Å². The van der Waals surface area contributed by atoms with Crippen LogP contribution in [-0.2, 0) is 0 Å². The van der Waals surface area contributed by atoms with Gasteiger partial charge in [-0.1, -0.05) is 0 Å². The molecule has 0 aliphatic carbocycles. The van der Waals surface area contributed by atoms with Gasteiger partial charge in [0.25, 0.3) is 0 Å². The number of nitrogens with two attached hydrogens (primary N) is 1. The fourth-order valence-corrected chi connectivity index (χ4v) is 2.96. The maximum atomic E-state index is 9.16. The van der Waals surface area contributed by atoms with E-state index in [0.29, 0.717) is 16.5 Å². The molecule has 0 spiro atoms. The number of aliphatic hydroxyl groups is 1. The zero-order valence-corrected chi connectivity index (χ0v) is 9.83. The first-order valence-corrected chi connectivity index (χ1v) is 6.21. The second-order valence-corrected chi connectivity index (χ2v) is 5.15. The summed E-state index contributed by atoms with van der Waals surface area (Å²) in [7, 11) is 0. The van der Waals surface area contributed by atoms with Crippen LogP contribution in [0, 0.1) is 17.2 Å². The number of rotatable bonds is 2. The number of aliphatic hydroxyl groups excluding tert-OH is 1. The summed E-state index contributed by atoms with van der Waals surface area (Å²) in [5.41, 5.74) is 6.30. The van der Waals surface area contributed by atoms with Crippen molar-refractivity contribution in [3.8, 4) is 6.07 Å². The molecular weight excluding hydrogens is 222 g/mol. The number of nitrogens with zero attached hydrogens (tertiary/aromatic N) is 2. The molecule has 2 heterocycles. The Morgan fingerprint density at radius 1 is 1.69 bits per heavy atom. The molecule has 0 amide bonds. The Morgan fingerprint density at radius 3 is 3.12 bits per heavy atom. The van der Waals surface area contributed by atoms with Gasteiger partial charge in [-0.15, -0.1) is 11.3 Å². The number of nitrogen functional groups attached to an aromatic ring is 1. The molecular formula is C11H15N3OS. The molecule has 3 N–H and O–H groups in total. The van der Waals surface area contributed by atoms with Gasteiger partial charge in [-0.2, -0.15) is 5.26 Å². The van der Waals surface area contributed by atoms with Crippen molar-refractivity contribution in [3.05, 3.63) is 10.9 Å². The van der Waals surface area contributed by atoms with Crippen LogP contribution in [0.4, 0.5) is 10.7 Å². The quantitative estimate of drug-likeness (QED) is 0.815. The fraction of sp³-hybridized carbons (Fsp3) is 0.545. The van der Waals surface area contributed by atoms with E-state index in [2.05, 4.69) is 11.0 Å². The van der Waals surface area contributed by atoms with Crippen LogP contribution in [0.1, 0.15) is 17.7 Å². The molecule has 0 saturated carbocycles. The lowest BCUT2D eigenvalue weighted by molar-refractivity contribution is 0.209. The molecule has 1 aliphatic rings. The molecule has 1 aliphatic heterocycles. The lowest BCUT2D eigenvalue weighted by Crippen LogP contribution is -2.36. The van der Waals surface area contributed by atoms with E-state index in [1.807, 2.05) is 6.07 Å². The zero-order chi connectivity index (χ0) is 11.5. The van der Waals surface area contributed by atoms with Crippen LogP contribution in [0.3, 0.4) is 0 Å². The molecule has 1 aromatic rings. The maximum Gasteiger partial charge on any atom is 0.129 e. The molecule has 0 bridgehead atoms. The first kappa shape index (κ1) is 11.2. The molecule has 1 unspecified atom stereocenters. The molecule has 1 fully saturated rings. The molecule has 86 valence electrons. The second-order valence-electron chi connectivity index (χ2n) is 4.12. The minimum Gasteiger partial charge on any atom is -0.397 e. The average molecular weight is 237 g/mol. The Labute approximate surface area is 98.9 Å². The molecule has 1 saturated heterocycles. The van der Waals surface area contributed by atoms with Crippen LogP contribution < -0.4 is 10.6 Å². The number of hydrogen-bond acceptors (Lipinski definition) is 5. The molecule has 5 heteroatoms. The molecule has 0 aromatic carbocycles. The summed E-state index contributed by atoms with van der Waals surface area (Å²) in [6, 6.07) is 3.96. The Balaban J connectivity index is 2.14. The van der Waals surface area contributed by atoms with Gasteiger partial charge in [-0.25, -0.2) is 0 Å². The molecule has 4 nitrogen and oxygen atoms in total. The topological polar surface area (TPSA) is 73.3 Å². The molecule has 0 radical (unpaired) electrons. The minimum atomic E-state index is 0.239. The van der Waals surface area contributed by atoms with Crippen LogP contribution in [0.15, 0.2) is 6.07 Å². The normalized spacial score (nSPS) is 20.8. The Bertz CT molecular complexity index is 410. The smallest absolute Gasteiger partial charge is 0.129 e. The number of anilines is 2. The summed E-state index contributed by atoms with van der Waals surface area (Å²) >= 11 is 1.44.